The Morgan fingerprint density at radius 3 is 1.89 bits per heavy atom. The van der Waals surface area contributed by atoms with Gasteiger partial charge in [-0.3, -0.25) is 4.79 Å². The number of ether oxygens (including phenoxy) is 3. The summed E-state index contributed by atoms with van der Waals surface area (Å²) in [5.41, 5.74) is 2.48. The van der Waals surface area contributed by atoms with Gasteiger partial charge in [0.25, 0.3) is 0 Å². The number of carbonyl (C=O) groups excluding carboxylic acids is 1. The summed E-state index contributed by atoms with van der Waals surface area (Å²) in [6, 6.07) is 26.5. The van der Waals surface area contributed by atoms with Crippen molar-refractivity contribution in [1.29, 1.82) is 0 Å². The van der Waals surface area contributed by atoms with Crippen LogP contribution in [-0.4, -0.2) is 32.2 Å². The van der Waals surface area contributed by atoms with E-state index in [9.17, 15) is 4.79 Å². The van der Waals surface area contributed by atoms with Crippen molar-refractivity contribution in [1.82, 2.24) is 0 Å². The van der Waals surface area contributed by atoms with E-state index in [1.807, 2.05) is 60.7 Å². The van der Waals surface area contributed by atoms with E-state index in [-0.39, 0.29) is 5.78 Å². The van der Waals surface area contributed by atoms with Crippen molar-refractivity contribution < 1.29 is 19.0 Å². The SMILES string of the molecule is O=C(c1ccccc1)c1ccc(OCCOCCOCc2ccccc2)cc1. The number of benzene rings is 3. The van der Waals surface area contributed by atoms with Crippen LogP contribution < -0.4 is 4.74 Å². The molecular formula is C24H24O4. The van der Waals surface area contributed by atoms with Crippen LogP contribution in [0.1, 0.15) is 21.5 Å². The Bertz CT molecular complexity index is 829. The molecule has 3 aromatic rings. The van der Waals surface area contributed by atoms with Crippen LogP contribution in [0.25, 0.3) is 0 Å². The van der Waals surface area contributed by atoms with Gasteiger partial charge in [-0.05, 0) is 29.8 Å². The van der Waals surface area contributed by atoms with Gasteiger partial charge >= 0.3 is 0 Å². The van der Waals surface area contributed by atoms with Crippen LogP contribution in [0, 0.1) is 0 Å². The topological polar surface area (TPSA) is 44.8 Å². The normalized spacial score (nSPS) is 10.6. The third kappa shape index (κ3) is 6.34. The van der Waals surface area contributed by atoms with Gasteiger partial charge in [-0.1, -0.05) is 60.7 Å². The Kier molecular flexibility index (Phi) is 7.79. The predicted molar refractivity (Wildman–Crippen MR) is 109 cm³/mol. The highest BCUT2D eigenvalue weighted by atomic mass is 16.5. The average Bonchev–Trinajstić information content (AvgIpc) is 2.77. The molecule has 0 amide bonds. The van der Waals surface area contributed by atoms with E-state index in [1.165, 1.54) is 0 Å². The quantitative estimate of drug-likeness (QED) is 0.364. The molecule has 0 N–H and O–H groups in total. The zero-order chi connectivity index (χ0) is 19.4. The summed E-state index contributed by atoms with van der Waals surface area (Å²) in [5.74, 6) is 0.722. The monoisotopic (exact) mass is 376 g/mol. The average molecular weight is 376 g/mol. The first-order chi connectivity index (χ1) is 13.8. The smallest absolute Gasteiger partial charge is 0.193 e. The lowest BCUT2D eigenvalue weighted by Crippen LogP contribution is -2.11. The minimum atomic E-state index is 0.00554. The van der Waals surface area contributed by atoms with Crippen LogP contribution in [0.3, 0.4) is 0 Å². The second-order valence-electron chi connectivity index (χ2n) is 6.22. The molecule has 0 aliphatic carbocycles. The molecule has 4 nitrogen and oxygen atoms in total. The zero-order valence-corrected chi connectivity index (χ0v) is 15.8. The molecule has 0 saturated heterocycles. The molecule has 3 aromatic carbocycles. The Morgan fingerprint density at radius 1 is 0.607 bits per heavy atom. The van der Waals surface area contributed by atoms with Gasteiger partial charge in [0.1, 0.15) is 12.4 Å². The molecule has 0 unspecified atom stereocenters. The third-order valence-corrected chi connectivity index (χ3v) is 4.13. The van der Waals surface area contributed by atoms with Crippen molar-refractivity contribution in [3.05, 3.63) is 102 Å². The molecule has 0 spiro atoms. The fraction of sp³-hybridized carbons (Fsp3) is 0.208. The molecule has 0 heterocycles. The Balaban J connectivity index is 1.29. The molecule has 0 radical (unpaired) electrons. The standard InChI is InChI=1S/C24H24O4/c25-24(21-9-5-2-6-10-21)22-11-13-23(14-12-22)28-18-17-26-15-16-27-19-20-7-3-1-4-8-20/h1-14H,15-19H2. The highest BCUT2D eigenvalue weighted by Crippen LogP contribution is 2.15. The van der Waals surface area contributed by atoms with Gasteiger partial charge in [0.05, 0.1) is 26.4 Å². The van der Waals surface area contributed by atoms with E-state index in [0.717, 1.165) is 5.56 Å². The first kappa shape index (κ1) is 19.8. The third-order valence-electron chi connectivity index (χ3n) is 4.13. The lowest BCUT2D eigenvalue weighted by atomic mass is 10.0. The van der Waals surface area contributed by atoms with Gasteiger partial charge in [-0.2, -0.15) is 0 Å². The van der Waals surface area contributed by atoms with Crippen LogP contribution in [0.4, 0.5) is 0 Å². The number of hydrogen-bond acceptors (Lipinski definition) is 4. The molecular weight excluding hydrogens is 352 g/mol. The van der Waals surface area contributed by atoms with Crippen LogP contribution in [-0.2, 0) is 16.1 Å². The van der Waals surface area contributed by atoms with E-state index < -0.39 is 0 Å². The predicted octanol–water partition coefficient (Wildman–Crippen LogP) is 4.53. The minimum absolute atomic E-state index is 0.00554. The van der Waals surface area contributed by atoms with Crippen LogP contribution in [0.5, 0.6) is 5.75 Å². The first-order valence-electron chi connectivity index (χ1n) is 9.35. The van der Waals surface area contributed by atoms with Crippen LogP contribution >= 0.6 is 0 Å². The lowest BCUT2D eigenvalue weighted by molar-refractivity contribution is 0.0303. The Hall–Kier alpha value is -2.95. The summed E-state index contributed by atoms with van der Waals surface area (Å²) in [6.45, 7) is 2.60. The molecule has 3 rings (SSSR count). The summed E-state index contributed by atoms with van der Waals surface area (Å²) in [4.78, 5) is 12.4. The summed E-state index contributed by atoms with van der Waals surface area (Å²) in [6.07, 6.45) is 0. The molecule has 0 aromatic heterocycles. The number of hydrogen-bond donors (Lipinski definition) is 0. The second-order valence-corrected chi connectivity index (χ2v) is 6.22. The lowest BCUT2D eigenvalue weighted by Gasteiger charge is -2.08. The second kappa shape index (κ2) is 11.0. The first-order valence-corrected chi connectivity index (χ1v) is 9.35. The molecule has 28 heavy (non-hydrogen) atoms. The fourth-order valence-corrected chi connectivity index (χ4v) is 2.66. The number of rotatable bonds is 11. The highest BCUT2D eigenvalue weighted by Gasteiger charge is 2.08. The van der Waals surface area contributed by atoms with Gasteiger partial charge in [0, 0.05) is 11.1 Å². The number of ketones is 1. The van der Waals surface area contributed by atoms with E-state index in [2.05, 4.69) is 0 Å². The highest BCUT2D eigenvalue weighted by molar-refractivity contribution is 6.08. The van der Waals surface area contributed by atoms with Crippen molar-refractivity contribution in [2.45, 2.75) is 6.61 Å². The summed E-state index contributed by atoms with van der Waals surface area (Å²) in [7, 11) is 0. The molecule has 0 saturated carbocycles. The maximum absolute atomic E-state index is 12.4. The molecule has 144 valence electrons. The van der Waals surface area contributed by atoms with Gasteiger partial charge in [0.15, 0.2) is 5.78 Å². The molecule has 0 atom stereocenters. The molecule has 0 aliphatic heterocycles. The van der Waals surface area contributed by atoms with Crippen LogP contribution in [0.2, 0.25) is 0 Å². The largest absolute Gasteiger partial charge is 0.491 e. The van der Waals surface area contributed by atoms with Gasteiger partial charge in [0.2, 0.25) is 0 Å². The minimum Gasteiger partial charge on any atom is -0.491 e. The van der Waals surface area contributed by atoms with E-state index in [0.29, 0.717) is 49.9 Å². The Morgan fingerprint density at radius 2 is 1.18 bits per heavy atom. The summed E-state index contributed by atoms with van der Waals surface area (Å²) >= 11 is 0. The molecule has 4 heteroatoms. The van der Waals surface area contributed by atoms with Crippen molar-refractivity contribution >= 4 is 5.78 Å². The Labute approximate surface area is 165 Å². The number of carbonyl (C=O) groups is 1. The van der Waals surface area contributed by atoms with Gasteiger partial charge < -0.3 is 14.2 Å². The van der Waals surface area contributed by atoms with Crippen molar-refractivity contribution in [3.63, 3.8) is 0 Å². The zero-order valence-electron chi connectivity index (χ0n) is 15.8. The van der Waals surface area contributed by atoms with Gasteiger partial charge in [-0.15, -0.1) is 0 Å². The van der Waals surface area contributed by atoms with Crippen molar-refractivity contribution in [2.75, 3.05) is 26.4 Å². The maximum atomic E-state index is 12.4. The summed E-state index contributed by atoms with van der Waals surface area (Å²) in [5, 5.41) is 0. The molecule has 0 aliphatic rings. The maximum Gasteiger partial charge on any atom is 0.193 e. The van der Waals surface area contributed by atoms with Crippen molar-refractivity contribution in [2.24, 2.45) is 0 Å². The van der Waals surface area contributed by atoms with Crippen LogP contribution in [0.15, 0.2) is 84.9 Å². The fourth-order valence-electron chi connectivity index (χ4n) is 2.66. The van der Waals surface area contributed by atoms with E-state index >= 15 is 0 Å². The molecule has 0 bridgehead atoms. The van der Waals surface area contributed by atoms with E-state index in [4.69, 9.17) is 14.2 Å². The molecule has 0 fully saturated rings. The van der Waals surface area contributed by atoms with Crippen molar-refractivity contribution in [3.8, 4) is 5.75 Å². The van der Waals surface area contributed by atoms with Gasteiger partial charge in [-0.25, -0.2) is 0 Å². The summed E-state index contributed by atoms with van der Waals surface area (Å²) < 4.78 is 16.7. The van der Waals surface area contributed by atoms with E-state index in [1.54, 1.807) is 24.3 Å².